The number of nitrogens with zero attached hydrogens (tertiary/aromatic N) is 1. The van der Waals surface area contributed by atoms with E-state index in [1.54, 1.807) is 30.3 Å². The number of nitriles is 1. The first kappa shape index (κ1) is 12.7. The average molecular weight is 257 g/mol. The van der Waals surface area contributed by atoms with Crippen molar-refractivity contribution in [2.75, 3.05) is 0 Å². The number of ether oxygens (including phenoxy) is 1. The molecule has 19 heavy (non-hydrogen) atoms. The molecule has 1 amide bonds. The van der Waals surface area contributed by atoms with Gasteiger partial charge >= 0.3 is 5.91 Å². The summed E-state index contributed by atoms with van der Waals surface area (Å²) in [6.45, 7) is 0.184. The summed E-state index contributed by atoms with van der Waals surface area (Å²) in [4.78, 5) is 11.2. The lowest BCUT2D eigenvalue weighted by Gasteiger charge is -2.03. The molecule has 96 valence electrons. The second-order valence-electron chi connectivity index (χ2n) is 3.66. The molecule has 6 heteroatoms. The highest BCUT2D eigenvalue weighted by atomic mass is 16.5. The minimum Gasteiger partial charge on any atom is -0.486 e. The monoisotopic (exact) mass is 257 g/mol. The van der Waals surface area contributed by atoms with Gasteiger partial charge in [-0.2, -0.15) is 5.26 Å². The molecule has 1 aromatic carbocycles. The van der Waals surface area contributed by atoms with Crippen LogP contribution < -0.4 is 16.0 Å². The number of hydrogen-bond acceptors (Lipinski definition) is 5. The van der Waals surface area contributed by atoms with Crippen LogP contribution in [0.2, 0.25) is 0 Å². The van der Waals surface area contributed by atoms with E-state index in [0.29, 0.717) is 17.1 Å². The van der Waals surface area contributed by atoms with Crippen LogP contribution in [0.4, 0.5) is 0 Å². The van der Waals surface area contributed by atoms with Crippen LogP contribution in [0.3, 0.4) is 0 Å². The minimum atomic E-state index is -0.496. The average Bonchev–Trinajstić information content (AvgIpc) is 2.93. The number of carbonyl (C=O) groups is 1. The molecule has 0 radical (unpaired) electrons. The summed E-state index contributed by atoms with van der Waals surface area (Å²) in [7, 11) is 0. The number of nitrogens with two attached hydrogens (primary N) is 1. The summed E-state index contributed by atoms with van der Waals surface area (Å²) in [5.41, 5.74) is 2.54. The zero-order valence-electron chi connectivity index (χ0n) is 9.92. The van der Waals surface area contributed by atoms with Crippen LogP contribution in [-0.2, 0) is 6.61 Å². The van der Waals surface area contributed by atoms with Crippen molar-refractivity contribution < 1.29 is 13.9 Å². The number of rotatable bonds is 4. The lowest BCUT2D eigenvalue weighted by Crippen LogP contribution is -2.29. The van der Waals surface area contributed by atoms with Gasteiger partial charge in [-0.15, -0.1) is 0 Å². The van der Waals surface area contributed by atoms with Crippen molar-refractivity contribution in [1.82, 2.24) is 5.43 Å². The first-order chi connectivity index (χ1) is 9.22. The summed E-state index contributed by atoms with van der Waals surface area (Å²) < 4.78 is 10.7. The zero-order chi connectivity index (χ0) is 13.7. The molecule has 0 aliphatic carbocycles. The predicted molar refractivity (Wildman–Crippen MR) is 65.9 cm³/mol. The van der Waals surface area contributed by atoms with Crippen molar-refractivity contribution in [2.24, 2.45) is 5.84 Å². The van der Waals surface area contributed by atoms with E-state index in [0.717, 1.165) is 0 Å². The van der Waals surface area contributed by atoms with Crippen LogP contribution in [0, 0.1) is 11.3 Å². The van der Waals surface area contributed by atoms with E-state index in [1.807, 2.05) is 11.5 Å². The van der Waals surface area contributed by atoms with Crippen LogP contribution in [-0.4, -0.2) is 5.91 Å². The molecular weight excluding hydrogens is 246 g/mol. The Morgan fingerprint density at radius 3 is 2.68 bits per heavy atom. The second kappa shape index (κ2) is 5.71. The molecule has 0 aliphatic rings. The Kier molecular flexibility index (Phi) is 3.81. The molecule has 0 aliphatic heterocycles. The van der Waals surface area contributed by atoms with Crippen LogP contribution in [0.5, 0.6) is 5.75 Å². The molecule has 3 N–H and O–H groups in total. The number of furan rings is 1. The summed E-state index contributed by atoms with van der Waals surface area (Å²) in [5, 5.41) is 8.66. The summed E-state index contributed by atoms with van der Waals surface area (Å²) in [6.07, 6.45) is 0. The van der Waals surface area contributed by atoms with Gasteiger partial charge in [-0.1, -0.05) is 0 Å². The van der Waals surface area contributed by atoms with Gasteiger partial charge in [0.15, 0.2) is 5.76 Å². The topological polar surface area (TPSA) is 101 Å². The fourth-order valence-electron chi connectivity index (χ4n) is 1.43. The highest BCUT2D eigenvalue weighted by Gasteiger charge is 2.09. The Morgan fingerprint density at radius 1 is 1.32 bits per heavy atom. The number of hydrazine groups is 1. The number of amides is 1. The third kappa shape index (κ3) is 3.12. The van der Waals surface area contributed by atoms with Gasteiger partial charge in [0.05, 0.1) is 11.6 Å². The molecule has 2 aromatic rings. The largest absolute Gasteiger partial charge is 0.486 e. The molecule has 2 rings (SSSR count). The van der Waals surface area contributed by atoms with E-state index < -0.39 is 5.91 Å². The Hall–Kier alpha value is -2.78. The molecule has 0 atom stereocenters. The predicted octanol–water partition coefficient (Wildman–Crippen LogP) is 1.33. The number of nitrogen functional groups attached to an aromatic ring is 1. The Labute approximate surface area is 109 Å². The van der Waals surface area contributed by atoms with E-state index in [2.05, 4.69) is 0 Å². The van der Waals surface area contributed by atoms with Gasteiger partial charge in [-0.25, -0.2) is 5.84 Å². The van der Waals surface area contributed by atoms with Crippen LogP contribution >= 0.6 is 0 Å². The molecule has 0 fully saturated rings. The van der Waals surface area contributed by atoms with Gasteiger partial charge < -0.3 is 9.15 Å². The molecule has 1 heterocycles. The molecule has 0 bridgehead atoms. The van der Waals surface area contributed by atoms with Gasteiger partial charge in [0, 0.05) is 0 Å². The highest BCUT2D eigenvalue weighted by Crippen LogP contribution is 2.15. The smallest absolute Gasteiger partial charge is 0.300 e. The number of nitrogens with one attached hydrogen (secondary N) is 1. The maximum atomic E-state index is 11.2. The molecule has 1 aromatic heterocycles. The first-order valence-corrected chi connectivity index (χ1v) is 5.45. The molecule has 0 unspecified atom stereocenters. The summed E-state index contributed by atoms with van der Waals surface area (Å²) >= 11 is 0. The van der Waals surface area contributed by atoms with E-state index in [4.69, 9.17) is 20.3 Å². The van der Waals surface area contributed by atoms with Gasteiger partial charge in [-0.05, 0) is 36.4 Å². The third-order valence-corrected chi connectivity index (χ3v) is 2.38. The van der Waals surface area contributed by atoms with Crippen molar-refractivity contribution in [3.8, 4) is 11.8 Å². The van der Waals surface area contributed by atoms with E-state index in [9.17, 15) is 4.79 Å². The van der Waals surface area contributed by atoms with Gasteiger partial charge in [0.1, 0.15) is 18.1 Å². The normalized spacial score (nSPS) is 9.68. The maximum Gasteiger partial charge on any atom is 0.300 e. The van der Waals surface area contributed by atoms with E-state index in [1.165, 1.54) is 6.07 Å². The third-order valence-electron chi connectivity index (χ3n) is 2.38. The number of carbonyl (C=O) groups excluding carboxylic acids is 1. The van der Waals surface area contributed by atoms with Gasteiger partial charge in [0.25, 0.3) is 0 Å². The van der Waals surface area contributed by atoms with Crippen LogP contribution in [0.15, 0.2) is 40.8 Å². The Balaban J connectivity index is 1.96. The summed E-state index contributed by atoms with van der Waals surface area (Å²) in [5.74, 6) is 5.73. The molecule has 0 spiro atoms. The standard InChI is InChI=1S/C13H11N3O3/c14-7-9-1-3-10(4-2-9)18-8-11-5-6-12(19-11)13(17)16-15/h1-6H,8,15H2,(H,16,17). The van der Waals surface area contributed by atoms with Crippen molar-refractivity contribution in [1.29, 1.82) is 5.26 Å². The molecule has 0 saturated carbocycles. The molecular formula is C13H11N3O3. The number of hydrogen-bond donors (Lipinski definition) is 2. The van der Waals surface area contributed by atoms with Crippen molar-refractivity contribution >= 4 is 5.91 Å². The van der Waals surface area contributed by atoms with Crippen LogP contribution in [0.1, 0.15) is 21.9 Å². The molecule has 0 saturated heterocycles. The zero-order valence-corrected chi connectivity index (χ0v) is 9.92. The lowest BCUT2D eigenvalue weighted by molar-refractivity contribution is 0.0922. The first-order valence-electron chi connectivity index (χ1n) is 5.45. The van der Waals surface area contributed by atoms with Crippen molar-refractivity contribution in [3.05, 3.63) is 53.5 Å². The highest BCUT2D eigenvalue weighted by molar-refractivity contribution is 5.90. The molecule has 6 nitrogen and oxygen atoms in total. The summed E-state index contributed by atoms with van der Waals surface area (Å²) in [6, 6.07) is 11.9. The van der Waals surface area contributed by atoms with E-state index in [-0.39, 0.29) is 12.4 Å². The van der Waals surface area contributed by atoms with Gasteiger partial charge in [-0.3, -0.25) is 10.2 Å². The quantitative estimate of drug-likeness (QED) is 0.489. The van der Waals surface area contributed by atoms with Gasteiger partial charge in [0.2, 0.25) is 0 Å². The minimum absolute atomic E-state index is 0.126. The fraction of sp³-hybridized carbons (Fsp3) is 0.0769. The fourth-order valence-corrected chi connectivity index (χ4v) is 1.43. The van der Waals surface area contributed by atoms with Crippen molar-refractivity contribution in [3.63, 3.8) is 0 Å². The maximum absolute atomic E-state index is 11.2. The Morgan fingerprint density at radius 2 is 2.05 bits per heavy atom. The van der Waals surface area contributed by atoms with E-state index >= 15 is 0 Å². The Bertz CT molecular complexity index is 611. The number of benzene rings is 1. The van der Waals surface area contributed by atoms with Crippen molar-refractivity contribution in [2.45, 2.75) is 6.61 Å². The lowest BCUT2D eigenvalue weighted by atomic mass is 10.2. The SMILES string of the molecule is N#Cc1ccc(OCc2ccc(C(=O)NN)o2)cc1. The van der Waals surface area contributed by atoms with Crippen LogP contribution in [0.25, 0.3) is 0 Å². The second-order valence-corrected chi connectivity index (χ2v) is 3.66.